The third-order valence-electron chi connectivity index (χ3n) is 5.33. The van der Waals surface area contributed by atoms with Crippen LogP contribution in [0.1, 0.15) is 56.6 Å². The smallest absolute Gasteiger partial charge is 0.245 e. The van der Waals surface area contributed by atoms with Gasteiger partial charge in [0.05, 0.1) is 0 Å². The molecule has 4 nitrogen and oxygen atoms in total. The van der Waals surface area contributed by atoms with Gasteiger partial charge in [-0.3, -0.25) is 9.59 Å². The molecule has 1 N–H and O–H groups in total. The summed E-state index contributed by atoms with van der Waals surface area (Å²) in [5.41, 5.74) is 1.54. The van der Waals surface area contributed by atoms with Gasteiger partial charge in [0.1, 0.15) is 5.54 Å². The molecule has 1 heterocycles. The molecule has 1 aromatic carbocycles. The van der Waals surface area contributed by atoms with Crippen LogP contribution in [0.5, 0.6) is 0 Å². The fraction of sp³-hybridized carbons (Fsp3) is 0.579. The van der Waals surface area contributed by atoms with Crippen molar-refractivity contribution in [1.82, 2.24) is 10.2 Å². The van der Waals surface area contributed by atoms with E-state index in [0.29, 0.717) is 19.4 Å². The number of nitrogens with zero attached hydrogens (tertiary/aromatic N) is 1. The van der Waals surface area contributed by atoms with Gasteiger partial charge in [0.2, 0.25) is 11.8 Å². The normalized spacial score (nSPS) is 25.1. The summed E-state index contributed by atoms with van der Waals surface area (Å²) in [5.74, 6) is 0.0958. The zero-order valence-electron chi connectivity index (χ0n) is 14.1. The predicted molar refractivity (Wildman–Crippen MR) is 89.8 cm³/mol. The number of benzene rings is 1. The minimum atomic E-state index is -0.719. The number of hydrogen-bond donors (Lipinski definition) is 1. The van der Waals surface area contributed by atoms with E-state index in [1.807, 2.05) is 32.0 Å². The zero-order chi connectivity index (χ0) is 16.4. The lowest BCUT2D eigenvalue weighted by atomic mass is 9.96. The molecule has 1 saturated heterocycles. The number of amides is 2. The zero-order valence-corrected chi connectivity index (χ0v) is 14.1. The van der Waals surface area contributed by atoms with Gasteiger partial charge in [-0.15, -0.1) is 0 Å². The van der Waals surface area contributed by atoms with E-state index in [9.17, 15) is 9.59 Å². The summed E-state index contributed by atoms with van der Waals surface area (Å²) in [7, 11) is 0. The molecule has 1 aliphatic carbocycles. The van der Waals surface area contributed by atoms with Gasteiger partial charge in [0.15, 0.2) is 0 Å². The van der Waals surface area contributed by atoms with E-state index in [1.165, 1.54) is 18.4 Å². The molecular formula is C19H26N2O2. The van der Waals surface area contributed by atoms with Gasteiger partial charge in [0, 0.05) is 19.0 Å². The Balaban J connectivity index is 1.76. The van der Waals surface area contributed by atoms with Crippen LogP contribution in [0, 0.1) is 6.92 Å². The number of nitrogens with one attached hydrogen (secondary N) is 1. The van der Waals surface area contributed by atoms with Crippen molar-refractivity contribution in [1.29, 1.82) is 0 Å². The van der Waals surface area contributed by atoms with E-state index in [-0.39, 0.29) is 17.9 Å². The summed E-state index contributed by atoms with van der Waals surface area (Å²) < 4.78 is 0. The van der Waals surface area contributed by atoms with Gasteiger partial charge >= 0.3 is 0 Å². The quantitative estimate of drug-likeness (QED) is 0.929. The third kappa shape index (κ3) is 3.26. The average molecular weight is 314 g/mol. The Bertz CT molecular complexity index is 607. The van der Waals surface area contributed by atoms with Crippen molar-refractivity contribution in [3.63, 3.8) is 0 Å². The summed E-state index contributed by atoms with van der Waals surface area (Å²) >= 11 is 0. The second-order valence-electron chi connectivity index (χ2n) is 7.20. The Labute approximate surface area is 138 Å². The lowest BCUT2D eigenvalue weighted by Crippen LogP contribution is -2.55. The highest BCUT2D eigenvalue weighted by Gasteiger charge is 2.47. The average Bonchev–Trinajstić information content (AvgIpc) is 3.12. The number of aryl methyl sites for hydroxylation is 1. The Kier molecular flexibility index (Phi) is 4.42. The Morgan fingerprint density at radius 2 is 2.09 bits per heavy atom. The number of likely N-dealkylation sites (tertiary alicyclic amines) is 1. The van der Waals surface area contributed by atoms with Crippen LogP contribution in [0.3, 0.4) is 0 Å². The maximum Gasteiger partial charge on any atom is 0.245 e. The molecule has 3 rings (SSSR count). The van der Waals surface area contributed by atoms with Crippen LogP contribution in [-0.2, 0) is 16.1 Å². The molecule has 1 saturated carbocycles. The molecule has 4 heteroatoms. The minimum absolute atomic E-state index is 0.0166. The number of carbonyl (C=O) groups excluding carboxylic acids is 2. The Hall–Kier alpha value is -1.84. The second kappa shape index (κ2) is 6.34. The minimum Gasteiger partial charge on any atom is -0.351 e. The van der Waals surface area contributed by atoms with Gasteiger partial charge in [-0.25, -0.2) is 0 Å². The van der Waals surface area contributed by atoms with E-state index < -0.39 is 5.54 Å². The largest absolute Gasteiger partial charge is 0.351 e. The number of hydrogen-bond acceptors (Lipinski definition) is 2. The molecule has 0 spiro atoms. The van der Waals surface area contributed by atoms with Crippen LogP contribution in [0.25, 0.3) is 0 Å². The Morgan fingerprint density at radius 1 is 1.35 bits per heavy atom. The third-order valence-corrected chi connectivity index (χ3v) is 5.33. The van der Waals surface area contributed by atoms with E-state index in [1.54, 1.807) is 4.90 Å². The van der Waals surface area contributed by atoms with Gasteiger partial charge in [-0.1, -0.05) is 42.7 Å². The van der Waals surface area contributed by atoms with E-state index in [4.69, 9.17) is 0 Å². The van der Waals surface area contributed by atoms with Crippen molar-refractivity contribution in [2.45, 2.75) is 70.5 Å². The first-order valence-corrected chi connectivity index (χ1v) is 8.66. The van der Waals surface area contributed by atoms with Crippen LogP contribution in [0.4, 0.5) is 0 Å². The highest BCUT2D eigenvalue weighted by Crippen LogP contribution is 2.32. The highest BCUT2D eigenvalue weighted by atomic mass is 16.2. The summed E-state index contributed by atoms with van der Waals surface area (Å²) in [4.78, 5) is 27.0. The molecule has 1 aromatic rings. The first kappa shape index (κ1) is 16.0. The lowest BCUT2D eigenvalue weighted by molar-refractivity contribution is -0.141. The van der Waals surface area contributed by atoms with Crippen molar-refractivity contribution in [2.75, 3.05) is 0 Å². The summed E-state index contributed by atoms with van der Waals surface area (Å²) in [6.45, 7) is 4.47. The van der Waals surface area contributed by atoms with Crippen molar-refractivity contribution in [3.8, 4) is 0 Å². The molecule has 0 aromatic heterocycles. The molecule has 2 aliphatic rings. The molecule has 2 fully saturated rings. The summed E-state index contributed by atoms with van der Waals surface area (Å²) in [6.07, 6.45) is 5.57. The second-order valence-corrected chi connectivity index (χ2v) is 7.20. The molecule has 2 amide bonds. The van der Waals surface area contributed by atoms with Gasteiger partial charge in [-0.05, 0) is 38.7 Å². The van der Waals surface area contributed by atoms with Crippen molar-refractivity contribution >= 4 is 11.8 Å². The van der Waals surface area contributed by atoms with E-state index in [2.05, 4.69) is 11.4 Å². The maximum absolute atomic E-state index is 12.8. The first-order chi connectivity index (χ1) is 11.0. The Morgan fingerprint density at radius 3 is 2.78 bits per heavy atom. The SMILES string of the molecule is Cc1cccc(CN2C(=O)CCC2(C)C(=O)NC2CCCC2)c1. The molecule has 0 bridgehead atoms. The maximum atomic E-state index is 12.8. The number of rotatable bonds is 4. The van der Waals surface area contributed by atoms with Crippen LogP contribution < -0.4 is 5.32 Å². The molecule has 1 atom stereocenters. The summed E-state index contributed by atoms with van der Waals surface area (Å²) in [6, 6.07) is 8.44. The van der Waals surface area contributed by atoms with E-state index >= 15 is 0 Å². The molecule has 23 heavy (non-hydrogen) atoms. The van der Waals surface area contributed by atoms with Gasteiger partial charge in [-0.2, -0.15) is 0 Å². The van der Waals surface area contributed by atoms with Crippen molar-refractivity contribution in [2.24, 2.45) is 0 Å². The fourth-order valence-corrected chi connectivity index (χ4v) is 3.80. The topological polar surface area (TPSA) is 49.4 Å². The fourth-order valence-electron chi connectivity index (χ4n) is 3.80. The highest BCUT2D eigenvalue weighted by molar-refractivity contribution is 5.94. The van der Waals surface area contributed by atoms with Crippen LogP contribution in [-0.4, -0.2) is 28.3 Å². The molecule has 1 aliphatic heterocycles. The van der Waals surface area contributed by atoms with Crippen LogP contribution in [0.2, 0.25) is 0 Å². The molecule has 0 radical (unpaired) electrons. The lowest BCUT2D eigenvalue weighted by Gasteiger charge is -2.35. The van der Waals surface area contributed by atoms with Crippen molar-refractivity contribution < 1.29 is 9.59 Å². The standard InChI is InChI=1S/C19H26N2O2/c1-14-6-5-7-15(12-14)13-21-17(22)10-11-19(21,2)18(23)20-16-8-3-4-9-16/h5-7,12,16H,3-4,8-11,13H2,1-2H3,(H,20,23). The van der Waals surface area contributed by atoms with Gasteiger partial charge in [0.25, 0.3) is 0 Å². The first-order valence-electron chi connectivity index (χ1n) is 8.66. The predicted octanol–water partition coefficient (Wildman–Crippen LogP) is 2.93. The van der Waals surface area contributed by atoms with Crippen LogP contribution in [0.15, 0.2) is 24.3 Å². The van der Waals surface area contributed by atoms with E-state index in [0.717, 1.165) is 18.4 Å². The summed E-state index contributed by atoms with van der Waals surface area (Å²) in [5, 5.41) is 3.18. The number of carbonyl (C=O) groups is 2. The molecular weight excluding hydrogens is 288 g/mol. The monoisotopic (exact) mass is 314 g/mol. The molecule has 1 unspecified atom stereocenters. The van der Waals surface area contributed by atoms with Gasteiger partial charge < -0.3 is 10.2 Å². The van der Waals surface area contributed by atoms with Crippen LogP contribution >= 0.6 is 0 Å². The molecule has 124 valence electrons. The van der Waals surface area contributed by atoms with Crippen molar-refractivity contribution in [3.05, 3.63) is 35.4 Å².